The van der Waals surface area contributed by atoms with Gasteiger partial charge in [0.25, 0.3) is 0 Å². The molecule has 0 aliphatic heterocycles. The molecule has 1 unspecified atom stereocenters. The molecule has 0 fully saturated rings. The van der Waals surface area contributed by atoms with Crippen molar-refractivity contribution in [2.24, 2.45) is 0 Å². The van der Waals surface area contributed by atoms with E-state index >= 15 is 0 Å². The number of nitrogens with zero attached hydrogens (tertiary/aromatic N) is 2. The largest absolute Gasteiger partial charge is 0.461 e. The van der Waals surface area contributed by atoms with Crippen molar-refractivity contribution in [1.29, 1.82) is 0 Å². The number of hydrogen-bond donors (Lipinski definition) is 0. The molecule has 0 aromatic carbocycles. The summed E-state index contributed by atoms with van der Waals surface area (Å²) in [6.45, 7) is 6.12. The molecule has 0 aromatic heterocycles. The Kier molecular flexibility index (Phi) is 7.02. The monoisotopic (exact) mass is 256 g/mol. The van der Waals surface area contributed by atoms with Crippen LogP contribution in [0.3, 0.4) is 0 Å². The van der Waals surface area contributed by atoms with Crippen molar-refractivity contribution < 1.29 is 23.9 Å². The van der Waals surface area contributed by atoms with E-state index in [4.69, 9.17) is 4.74 Å². The molecule has 0 rings (SSSR count). The van der Waals surface area contributed by atoms with Crippen LogP contribution in [0.15, 0.2) is 12.8 Å². The van der Waals surface area contributed by atoms with E-state index in [9.17, 15) is 19.2 Å². The first kappa shape index (κ1) is 15.8. The molecule has 7 heteroatoms. The van der Waals surface area contributed by atoms with Crippen LogP contribution in [0.2, 0.25) is 0 Å². The van der Waals surface area contributed by atoms with Gasteiger partial charge in [0.15, 0.2) is 0 Å². The third kappa shape index (κ3) is 4.77. The second kappa shape index (κ2) is 7.99. The van der Waals surface area contributed by atoms with Crippen LogP contribution in [0, 0.1) is 0 Å². The quantitative estimate of drug-likeness (QED) is 0.489. The Morgan fingerprint density at radius 1 is 1.33 bits per heavy atom. The second-order valence-corrected chi connectivity index (χ2v) is 3.38. The van der Waals surface area contributed by atoms with Gasteiger partial charge in [-0.05, 0) is 6.42 Å². The smallest absolute Gasteiger partial charge is 0.337 e. The average Bonchev–Trinajstić information content (AvgIpc) is 2.35. The van der Waals surface area contributed by atoms with E-state index in [0.717, 1.165) is 11.1 Å². The second-order valence-electron chi connectivity index (χ2n) is 3.38. The van der Waals surface area contributed by atoms with Gasteiger partial charge in [0.1, 0.15) is 6.10 Å². The van der Waals surface area contributed by atoms with Gasteiger partial charge in [-0.25, -0.2) is 9.69 Å². The predicted octanol–water partition coefficient (Wildman–Crippen LogP) is 0.508. The van der Waals surface area contributed by atoms with Gasteiger partial charge in [0.2, 0.25) is 12.8 Å². The zero-order valence-electron chi connectivity index (χ0n) is 10.4. The fourth-order valence-corrected chi connectivity index (χ4v) is 1.18. The molecule has 0 saturated heterocycles. The lowest BCUT2D eigenvalue weighted by Crippen LogP contribution is -2.43. The van der Waals surface area contributed by atoms with Crippen molar-refractivity contribution in [3.63, 3.8) is 0 Å². The van der Waals surface area contributed by atoms with Crippen LogP contribution >= 0.6 is 0 Å². The van der Waals surface area contributed by atoms with Crippen molar-refractivity contribution in [2.75, 3.05) is 6.54 Å². The fraction of sp³-hybridized carbons (Fsp3) is 0.455. The molecule has 0 aliphatic rings. The third-order valence-electron chi connectivity index (χ3n) is 2.09. The maximum atomic E-state index is 11.7. The van der Waals surface area contributed by atoms with E-state index in [-0.39, 0.29) is 19.4 Å². The number of imide groups is 2. The molecule has 0 spiro atoms. The van der Waals surface area contributed by atoms with Crippen LogP contribution in [0.1, 0.15) is 20.3 Å². The maximum absolute atomic E-state index is 11.7. The summed E-state index contributed by atoms with van der Waals surface area (Å²) in [7, 11) is 0. The summed E-state index contributed by atoms with van der Waals surface area (Å²) in [5.74, 6) is -0.504. The number of amides is 4. The molecule has 0 bridgehead atoms. The topological polar surface area (TPSA) is 84.0 Å². The highest BCUT2D eigenvalue weighted by molar-refractivity contribution is 5.92. The minimum atomic E-state index is -0.847. The SMILES string of the molecule is C=CN(C=O)C(=O)N(C=O)CC(CC)OC(C)=O. The summed E-state index contributed by atoms with van der Waals surface area (Å²) in [5.41, 5.74) is 0. The molecular weight excluding hydrogens is 240 g/mol. The first-order valence-corrected chi connectivity index (χ1v) is 5.29. The predicted molar refractivity (Wildman–Crippen MR) is 62.1 cm³/mol. The first-order chi connectivity index (χ1) is 8.49. The van der Waals surface area contributed by atoms with E-state index in [1.165, 1.54) is 6.92 Å². The molecule has 0 aromatic rings. The number of carbonyl (C=O) groups excluding carboxylic acids is 4. The number of carbonyl (C=O) groups is 4. The van der Waals surface area contributed by atoms with E-state index < -0.39 is 18.1 Å². The number of ether oxygens (including phenoxy) is 1. The zero-order valence-corrected chi connectivity index (χ0v) is 10.4. The molecule has 0 aliphatic carbocycles. The fourth-order valence-electron chi connectivity index (χ4n) is 1.18. The van der Waals surface area contributed by atoms with Gasteiger partial charge < -0.3 is 4.74 Å². The third-order valence-corrected chi connectivity index (χ3v) is 2.09. The van der Waals surface area contributed by atoms with Crippen LogP contribution in [0.5, 0.6) is 0 Å². The van der Waals surface area contributed by atoms with Crippen LogP contribution in [0.25, 0.3) is 0 Å². The Bertz CT molecular complexity index is 334. The van der Waals surface area contributed by atoms with Gasteiger partial charge in [0, 0.05) is 13.1 Å². The Hall–Kier alpha value is -2.18. The zero-order chi connectivity index (χ0) is 14.1. The summed E-state index contributed by atoms with van der Waals surface area (Å²) in [4.78, 5) is 45.2. The number of hydrogen-bond acceptors (Lipinski definition) is 5. The van der Waals surface area contributed by atoms with E-state index in [1.54, 1.807) is 6.92 Å². The minimum absolute atomic E-state index is 0.114. The van der Waals surface area contributed by atoms with Gasteiger partial charge in [-0.15, -0.1) is 0 Å². The summed E-state index contributed by atoms with van der Waals surface area (Å²) in [6, 6.07) is -0.847. The number of urea groups is 1. The van der Waals surface area contributed by atoms with Gasteiger partial charge in [-0.1, -0.05) is 13.5 Å². The molecule has 1 atom stereocenters. The molecular formula is C11H16N2O5. The van der Waals surface area contributed by atoms with Crippen LogP contribution < -0.4 is 0 Å². The van der Waals surface area contributed by atoms with Gasteiger partial charge in [-0.3, -0.25) is 19.3 Å². The van der Waals surface area contributed by atoms with Gasteiger partial charge >= 0.3 is 12.0 Å². The van der Waals surface area contributed by atoms with Crippen LogP contribution in [-0.4, -0.2) is 47.3 Å². The van der Waals surface area contributed by atoms with Crippen molar-refractivity contribution in [1.82, 2.24) is 9.80 Å². The maximum Gasteiger partial charge on any atom is 0.337 e. The summed E-state index contributed by atoms with van der Waals surface area (Å²) >= 11 is 0. The summed E-state index contributed by atoms with van der Waals surface area (Å²) < 4.78 is 4.90. The lowest BCUT2D eigenvalue weighted by molar-refractivity contribution is -0.148. The highest BCUT2D eigenvalue weighted by Gasteiger charge is 2.22. The minimum Gasteiger partial charge on any atom is -0.461 e. The summed E-state index contributed by atoms with van der Waals surface area (Å²) in [5, 5.41) is 0. The lowest BCUT2D eigenvalue weighted by Gasteiger charge is -2.23. The van der Waals surface area contributed by atoms with Crippen LogP contribution in [-0.2, 0) is 19.1 Å². The Morgan fingerprint density at radius 3 is 2.28 bits per heavy atom. The van der Waals surface area contributed by atoms with Crippen molar-refractivity contribution in [3.05, 3.63) is 12.8 Å². The molecule has 0 N–H and O–H groups in total. The molecule has 0 radical (unpaired) electrons. The number of esters is 1. The van der Waals surface area contributed by atoms with E-state index in [2.05, 4.69) is 6.58 Å². The molecule has 0 heterocycles. The number of rotatable bonds is 7. The molecule has 18 heavy (non-hydrogen) atoms. The van der Waals surface area contributed by atoms with Crippen molar-refractivity contribution in [3.8, 4) is 0 Å². The Balaban J connectivity index is 4.71. The first-order valence-electron chi connectivity index (χ1n) is 5.29. The molecule has 4 amide bonds. The highest BCUT2D eigenvalue weighted by atomic mass is 16.5. The lowest BCUT2D eigenvalue weighted by atomic mass is 10.2. The average molecular weight is 256 g/mol. The summed E-state index contributed by atoms with van der Waals surface area (Å²) in [6.07, 6.45) is 1.33. The van der Waals surface area contributed by atoms with Gasteiger partial charge in [-0.2, -0.15) is 0 Å². The van der Waals surface area contributed by atoms with Crippen molar-refractivity contribution >= 4 is 24.8 Å². The standard InChI is InChI=1S/C11H16N2O5/c1-4-10(18-9(3)16)6-13(8-15)11(17)12(5-2)7-14/h5,7-8,10H,2,4,6H2,1,3H3. The molecule has 7 nitrogen and oxygen atoms in total. The molecule has 100 valence electrons. The Morgan fingerprint density at radius 2 is 1.94 bits per heavy atom. The Labute approximate surface area is 105 Å². The molecule has 0 saturated carbocycles. The normalized spacial score (nSPS) is 11.0. The van der Waals surface area contributed by atoms with Gasteiger partial charge in [0.05, 0.1) is 6.54 Å². The van der Waals surface area contributed by atoms with Crippen molar-refractivity contribution in [2.45, 2.75) is 26.4 Å². The van der Waals surface area contributed by atoms with E-state index in [0.29, 0.717) is 11.3 Å². The highest BCUT2D eigenvalue weighted by Crippen LogP contribution is 2.04. The van der Waals surface area contributed by atoms with Crippen LogP contribution in [0.4, 0.5) is 4.79 Å². The van der Waals surface area contributed by atoms with E-state index in [1.807, 2.05) is 0 Å².